The molecule has 1 aromatic carbocycles. The van der Waals surface area contributed by atoms with Crippen molar-refractivity contribution < 1.29 is 0 Å². The molecule has 32 heavy (non-hydrogen) atoms. The molecule has 0 amide bonds. The van der Waals surface area contributed by atoms with Crippen molar-refractivity contribution in [3.05, 3.63) is 53.2 Å². The summed E-state index contributed by atoms with van der Waals surface area (Å²) in [4.78, 5) is 18.8. The quantitative estimate of drug-likeness (QED) is 0.588. The third-order valence-electron chi connectivity index (χ3n) is 6.79. The van der Waals surface area contributed by atoms with Gasteiger partial charge in [0.05, 0.1) is 0 Å². The number of aliphatic imine (C=N–C) groups is 1. The van der Waals surface area contributed by atoms with Crippen LogP contribution in [0.2, 0.25) is 0 Å². The maximum atomic E-state index is 4.71. The highest BCUT2D eigenvalue weighted by Gasteiger charge is 2.21. The molecule has 1 aromatic heterocycles. The number of hydrogen-bond acceptors (Lipinski definition) is 5. The van der Waals surface area contributed by atoms with Crippen LogP contribution in [-0.2, 0) is 6.54 Å². The summed E-state index contributed by atoms with van der Waals surface area (Å²) in [7, 11) is 4.05. The lowest BCUT2D eigenvalue weighted by Gasteiger charge is -2.38. The molecule has 2 aromatic rings. The van der Waals surface area contributed by atoms with E-state index in [-0.39, 0.29) is 0 Å². The Labute approximate surface area is 192 Å². The number of nitrogens with one attached hydrogen (secondary N) is 1. The molecule has 2 aliphatic heterocycles. The van der Waals surface area contributed by atoms with Crippen LogP contribution in [0.1, 0.15) is 16.7 Å². The standard InChI is InChI=1S/C25H37N7/c1-20-6-5-7-23(21(20)2)30-14-16-32(17-15-30)25(26-3)28-19-22-8-9-24(27-18-22)31-12-10-29(4)11-13-31/h5-9,18H,10-17,19H2,1-4H3,(H,26,28). The molecule has 1 N–H and O–H groups in total. The van der Waals surface area contributed by atoms with Crippen LogP contribution < -0.4 is 15.1 Å². The van der Waals surface area contributed by atoms with Crippen molar-refractivity contribution >= 4 is 17.5 Å². The van der Waals surface area contributed by atoms with Gasteiger partial charge in [-0.3, -0.25) is 4.99 Å². The Morgan fingerprint density at radius 1 is 0.938 bits per heavy atom. The molecule has 2 aliphatic rings. The number of benzene rings is 1. The smallest absolute Gasteiger partial charge is 0.194 e. The molecule has 0 saturated carbocycles. The van der Waals surface area contributed by atoms with Crippen molar-refractivity contribution in [2.24, 2.45) is 4.99 Å². The van der Waals surface area contributed by atoms with Crippen LogP contribution in [0.3, 0.4) is 0 Å². The van der Waals surface area contributed by atoms with Crippen molar-refractivity contribution in [3.63, 3.8) is 0 Å². The van der Waals surface area contributed by atoms with Crippen molar-refractivity contribution in [2.45, 2.75) is 20.4 Å². The lowest BCUT2D eigenvalue weighted by Crippen LogP contribution is -2.52. The number of aryl methyl sites for hydroxylation is 1. The second kappa shape index (κ2) is 10.2. The van der Waals surface area contributed by atoms with Gasteiger partial charge in [-0.25, -0.2) is 4.98 Å². The zero-order valence-corrected chi connectivity index (χ0v) is 20.0. The molecule has 0 aliphatic carbocycles. The molecule has 7 nitrogen and oxygen atoms in total. The fourth-order valence-electron chi connectivity index (χ4n) is 4.49. The Morgan fingerprint density at radius 3 is 2.31 bits per heavy atom. The highest BCUT2D eigenvalue weighted by atomic mass is 15.3. The van der Waals surface area contributed by atoms with Gasteiger partial charge >= 0.3 is 0 Å². The van der Waals surface area contributed by atoms with E-state index >= 15 is 0 Å². The van der Waals surface area contributed by atoms with Crippen molar-refractivity contribution in [2.75, 3.05) is 76.3 Å². The summed E-state index contributed by atoms with van der Waals surface area (Å²) in [5.74, 6) is 2.04. The van der Waals surface area contributed by atoms with Gasteiger partial charge in [0.2, 0.25) is 0 Å². The molecule has 7 heteroatoms. The average molecular weight is 436 g/mol. The molecule has 0 atom stereocenters. The minimum atomic E-state index is 0.736. The van der Waals surface area contributed by atoms with Crippen molar-refractivity contribution in [1.82, 2.24) is 20.1 Å². The number of rotatable bonds is 4. The molecular weight excluding hydrogens is 398 g/mol. The summed E-state index contributed by atoms with van der Waals surface area (Å²) in [5, 5.41) is 3.53. The zero-order valence-electron chi connectivity index (χ0n) is 20.0. The predicted octanol–water partition coefficient (Wildman–Crippen LogP) is 2.35. The van der Waals surface area contributed by atoms with Gasteiger partial charge in [0.25, 0.3) is 0 Å². The molecule has 0 spiro atoms. The second-order valence-electron chi connectivity index (χ2n) is 8.91. The van der Waals surface area contributed by atoms with Gasteiger partial charge < -0.3 is 24.9 Å². The summed E-state index contributed by atoms with van der Waals surface area (Å²) in [6, 6.07) is 10.9. The maximum Gasteiger partial charge on any atom is 0.194 e. The van der Waals surface area contributed by atoms with Gasteiger partial charge in [-0.05, 0) is 49.7 Å². The number of anilines is 2. The SMILES string of the molecule is CN=C(NCc1ccc(N2CCN(C)CC2)nc1)N1CCN(c2cccc(C)c2C)CC1. The molecule has 172 valence electrons. The molecule has 0 radical (unpaired) electrons. The third-order valence-corrected chi connectivity index (χ3v) is 6.79. The molecule has 0 bridgehead atoms. The number of aromatic nitrogens is 1. The van der Waals surface area contributed by atoms with Crippen LogP contribution in [0, 0.1) is 13.8 Å². The highest BCUT2D eigenvalue weighted by molar-refractivity contribution is 5.80. The highest BCUT2D eigenvalue weighted by Crippen LogP contribution is 2.24. The lowest BCUT2D eigenvalue weighted by molar-refractivity contribution is 0.312. The van der Waals surface area contributed by atoms with Gasteiger partial charge in [-0.1, -0.05) is 18.2 Å². The molecule has 2 saturated heterocycles. The van der Waals surface area contributed by atoms with Crippen molar-refractivity contribution in [1.29, 1.82) is 0 Å². The fraction of sp³-hybridized carbons (Fsp3) is 0.520. The molecule has 4 rings (SSSR count). The normalized spacial score (nSPS) is 18.2. The van der Waals surface area contributed by atoms with E-state index in [1.165, 1.54) is 22.4 Å². The van der Waals surface area contributed by atoms with E-state index in [2.05, 4.69) is 81.1 Å². The van der Waals surface area contributed by atoms with Crippen LogP contribution in [0.5, 0.6) is 0 Å². The largest absolute Gasteiger partial charge is 0.368 e. The Bertz CT molecular complexity index is 908. The van der Waals surface area contributed by atoms with Gasteiger partial charge in [-0.2, -0.15) is 0 Å². The van der Waals surface area contributed by atoms with E-state index in [9.17, 15) is 0 Å². The lowest BCUT2D eigenvalue weighted by atomic mass is 10.1. The van der Waals surface area contributed by atoms with Gasteiger partial charge in [0.15, 0.2) is 5.96 Å². The summed E-state index contributed by atoms with van der Waals surface area (Å²) in [6.45, 7) is 13.4. The van der Waals surface area contributed by atoms with Crippen LogP contribution in [0.4, 0.5) is 11.5 Å². The zero-order chi connectivity index (χ0) is 22.5. The predicted molar refractivity (Wildman–Crippen MR) is 134 cm³/mol. The molecular formula is C25H37N7. The molecule has 0 unspecified atom stereocenters. The van der Waals surface area contributed by atoms with Gasteiger partial charge in [-0.15, -0.1) is 0 Å². The van der Waals surface area contributed by atoms with Crippen molar-refractivity contribution in [3.8, 4) is 0 Å². The monoisotopic (exact) mass is 435 g/mol. The van der Waals surface area contributed by atoms with Gasteiger partial charge in [0, 0.05) is 77.8 Å². The van der Waals surface area contributed by atoms with Gasteiger partial charge in [0.1, 0.15) is 5.82 Å². The van der Waals surface area contributed by atoms with E-state index in [4.69, 9.17) is 4.98 Å². The number of pyridine rings is 1. The molecule has 3 heterocycles. The number of piperazine rings is 2. The van der Waals surface area contributed by atoms with Crippen LogP contribution >= 0.6 is 0 Å². The first-order chi connectivity index (χ1) is 15.5. The number of hydrogen-bond donors (Lipinski definition) is 1. The Hall–Kier alpha value is -2.80. The number of guanidine groups is 1. The Kier molecular flexibility index (Phi) is 7.15. The minimum Gasteiger partial charge on any atom is -0.368 e. The molecule has 2 fully saturated rings. The average Bonchev–Trinajstić information content (AvgIpc) is 2.83. The van der Waals surface area contributed by atoms with E-state index in [1.807, 2.05) is 13.2 Å². The Morgan fingerprint density at radius 2 is 1.66 bits per heavy atom. The number of nitrogens with zero attached hydrogens (tertiary/aromatic N) is 6. The van der Waals surface area contributed by atoms with Crippen LogP contribution in [0.15, 0.2) is 41.5 Å². The fourth-order valence-corrected chi connectivity index (χ4v) is 4.49. The first kappa shape index (κ1) is 22.4. The summed E-state index contributed by atoms with van der Waals surface area (Å²) < 4.78 is 0. The van der Waals surface area contributed by atoms with Crippen LogP contribution in [0.25, 0.3) is 0 Å². The summed E-state index contributed by atoms with van der Waals surface area (Å²) in [6.07, 6.45) is 1.99. The first-order valence-corrected chi connectivity index (χ1v) is 11.7. The minimum absolute atomic E-state index is 0.736. The van der Waals surface area contributed by atoms with E-state index in [1.54, 1.807) is 0 Å². The van der Waals surface area contributed by atoms with E-state index in [0.717, 1.165) is 70.7 Å². The summed E-state index contributed by atoms with van der Waals surface area (Å²) >= 11 is 0. The summed E-state index contributed by atoms with van der Waals surface area (Å²) in [5.41, 5.74) is 5.28. The second-order valence-corrected chi connectivity index (χ2v) is 8.91. The number of likely N-dealkylation sites (N-methyl/N-ethyl adjacent to an activating group) is 1. The third kappa shape index (κ3) is 5.15. The topological polar surface area (TPSA) is 50.2 Å². The van der Waals surface area contributed by atoms with E-state index in [0.29, 0.717) is 0 Å². The Balaban J connectivity index is 1.28. The maximum absolute atomic E-state index is 4.71. The van der Waals surface area contributed by atoms with Crippen LogP contribution in [-0.4, -0.2) is 87.2 Å². The first-order valence-electron chi connectivity index (χ1n) is 11.7. The van der Waals surface area contributed by atoms with E-state index < -0.39 is 0 Å².